The lowest BCUT2D eigenvalue weighted by Gasteiger charge is -2.27. The third kappa shape index (κ3) is 4.43. The number of aryl methyl sites for hydroxylation is 1. The molecule has 1 atom stereocenters. The molecule has 0 aromatic heterocycles. The Bertz CT molecular complexity index is 572. The zero-order chi connectivity index (χ0) is 15.3. The summed E-state index contributed by atoms with van der Waals surface area (Å²) in [5.74, 6) is 0.958. The van der Waals surface area contributed by atoms with Gasteiger partial charge in [0.15, 0.2) is 0 Å². The van der Waals surface area contributed by atoms with Gasteiger partial charge in [-0.05, 0) is 42.5 Å². The van der Waals surface area contributed by atoms with Crippen molar-refractivity contribution < 1.29 is 13.2 Å². The minimum Gasteiger partial charge on any atom is -0.497 e. The molecule has 0 bridgehead atoms. The first-order chi connectivity index (χ1) is 10.1. The van der Waals surface area contributed by atoms with Crippen LogP contribution in [0.4, 0.5) is 0 Å². The molecule has 1 aliphatic rings. The molecule has 118 valence electrons. The molecule has 1 unspecified atom stereocenters. The predicted molar refractivity (Wildman–Crippen MR) is 84.1 cm³/mol. The van der Waals surface area contributed by atoms with Crippen molar-refractivity contribution in [1.82, 2.24) is 10.0 Å². The van der Waals surface area contributed by atoms with Crippen molar-refractivity contribution in [1.29, 1.82) is 0 Å². The molecule has 2 N–H and O–H groups in total. The van der Waals surface area contributed by atoms with Gasteiger partial charge in [-0.3, -0.25) is 0 Å². The van der Waals surface area contributed by atoms with Crippen molar-refractivity contribution >= 4 is 10.0 Å². The fourth-order valence-electron chi connectivity index (χ4n) is 2.78. The zero-order valence-electron chi connectivity index (χ0n) is 12.7. The normalized spacial score (nSPS) is 18.3. The second-order valence-electron chi connectivity index (χ2n) is 5.28. The number of sulfonamides is 1. The van der Waals surface area contributed by atoms with Crippen molar-refractivity contribution in [2.75, 3.05) is 26.0 Å². The maximum atomic E-state index is 11.6. The molecule has 1 aliphatic carbocycles. The fraction of sp³-hybridized carbons (Fsp3) is 0.600. The SMILES string of the molecule is CCNS(=O)(=O)CCNC1CCCc2ccc(OC)cc21. The minimum absolute atomic E-state index is 0.108. The average Bonchev–Trinajstić information content (AvgIpc) is 2.46. The first-order valence-electron chi connectivity index (χ1n) is 7.43. The minimum atomic E-state index is -3.16. The molecule has 1 aromatic rings. The second kappa shape index (κ2) is 7.24. The molecule has 0 aliphatic heterocycles. The van der Waals surface area contributed by atoms with Gasteiger partial charge in [0, 0.05) is 19.1 Å². The smallest absolute Gasteiger partial charge is 0.212 e. The largest absolute Gasteiger partial charge is 0.497 e. The van der Waals surface area contributed by atoms with Gasteiger partial charge in [-0.15, -0.1) is 0 Å². The Morgan fingerprint density at radius 2 is 2.19 bits per heavy atom. The van der Waals surface area contributed by atoms with E-state index in [0.717, 1.165) is 25.0 Å². The van der Waals surface area contributed by atoms with Crippen LogP contribution in [0.15, 0.2) is 18.2 Å². The number of nitrogens with one attached hydrogen (secondary N) is 2. The Balaban J connectivity index is 2.00. The molecule has 21 heavy (non-hydrogen) atoms. The number of hydrogen-bond acceptors (Lipinski definition) is 4. The lowest BCUT2D eigenvalue weighted by atomic mass is 9.87. The second-order valence-corrected chi connectivity index (χ2v) is 7.21. The van der Waals surface area contributed by atoms with Crippen molar-refractivity contribution in [3.05, 3.63) is 29.3 Å². The Morgan fingerprint density at radius 1 is 1.38 bits per heavy atom. The molecule has 2 rings (SSSR count). The lowest BCUT2D eigenvalue weighted by molar-refractivity contribution is 0.409. The van der Waals surface area contributed by atoms with Crippen LogP contribution >= 0.6 is 0 Å². The lowest BCUT2D eigenvalue weighted by Crippen LogP contribution is -2.34. The number of ether oxygens (including phenoxy) is 1. The maximum Gasteiger partial charge on any atom is 0.212 e. The summed E-state index contributed by atoms with van der Waals surface area (Å²) in [4.78, 5) is 0. The molecule has 0 radical (unpaired) electrons. The summed E-state index contributed by atoms with van der Waals surface area (Å²) in [6.07, 6.45) is 3.23. The number of rotatable bonds is 7. The van der Waals surface area contributed by atoms with Crippen molar-refractivity contribution in [2.24, 2.45) is 0 Å². The van der Waals surface area contributed by atoms with E-state index in [9.17, 15) is 8.42 Å². The van der Waals surface area contributed by atoms with E-state index in [-0.39, 0.29) is 11.8 Å². The van der Waals surface area contributed by atoms with Crippen LogP contribution in [-0.2, 0) is 16.4 Å². The summed E-state index contributed by atoms with van der Waals surface area (Å²) in [5.41, 5.74) is 2.57. The molecule has 6 heteroatoms. The summed E-state index contributed by atoms with van der Waals surface area (Å²) in [6, 6.07) is 6.36. The van der Waals surface area contributed by atoms with Gasteiger partial charge in [0.1, 0.15) is 5.75 Å². The summed E-state index contributed by atoms with van der Waals surface area (Å²) >= 11 is 0. The van der Waals surface area contributed by atoms with Crippen LogP contribution in [0.2, 0.25) is 0 Å². The van der Waals surface area contributed by atoms with Crippen molar-refractivity contribution in [3.8, 4) is 5.75 Å². The van der Waals surface area contributed by atoms with E-state index in [1.54, 1.807) is 14.0 Å². The zero-order valence-corrected chi connectivity index (χ0v) is 13.5. The van der Waals surface area contributed by atoms with Gasteiger partial charge in [0.25, 0.3) is 0 Å². The van der Waals surface area contributed by atoms with Crippen LogP contribution in [0.25, 0.3) is 0 Å². The van der Waals surface area contributed by atoms with Crippen LogP contribution in [-0.4, -0.2) is 34.4 Å². The monoisotopic (exact) mass is 312 g/mol. The van der Waals surface area contributed by atoms with Gasteiger partial charge >= 0.3 is 0 Å². The van der Waals surface area contributed by atoms with Gasteiger partial charge in [-0.25, -0.2) is 13.1 Å². The highest BCUT2D eigenvalue weighted by molar-refractivity contribution is 7.89. The summed E-state index contributed by atoms with van der Waals surface area (Å²) < 4.78 is 31.1. The molecule has 0 spiro atoms. The third-order valence-electron chi connectivity index (χ3n) is 3.79. The van der Waals surface area contributed by atoms with Gasteiger partial charge in [0.05, 0.1) is 12.9 Å². The van der Waals surface area contributed by atoms with E-state index in [4.69, 9.17) is 4.74 Å². The van der Waals surface area contributed by atoms with E-state index in [1.807, 2.05) is 6.07 Å². The van der Waals surface area contributed by atoms with Gasteiger partial charge < -0.3 is 10.1 Å². The van der Waals surface area contributed by atoms with E-state index in [1.165, 1.54) is 11.1 Å². The number of hydrogen-bond donors (Lipinski definition) is 2. The quantitative estimate of drug-likeness (QED) is 0.802. The fourth-order valence-corrected chi connectivity index (χ4v) is 3.75. The van der Waals surface area contributed by atoms with E-state index >= 15 is 0 Å². The standard InChI is InChI=1S/C15H24N2O3S/c1-3-17-21(18,19)10-9-16-15-6-4-5-12-7-8-13(20-2)11-14(12)15/h7-8,11,15-17H,3-6,9-10H2,1-2H3. The molecular weight excluding hydrogens is 288 g/mol. The topological polar surface area (TPSA) is 67.4 Å². The Morgan fingerprint density at radius 3 is 2.90 bits per heavy atom. The molecule has 1 aromatic carbocycles. The van der Waals surface area contributed by atoms with Crippen molar-refractivity contribution in [3.63, 3.8) is 0 Å². The first-order valence-corrected chi connectivity index (χ1v) is 9.08. The van der Waals surface area contributed by atoms with Crippen LogP contribution in [0.3, 0.4) is 0 Å². The summed E-state index contributed by atoms with van der Waals surface area (Å²) in [6.45, 7) is 2.68. The first kappa shape index (κ1) is 16.3. The predicted octanol–water partition coefficient (Wildman–Crippen LogP) is 1.60. The molecule has 0 saturated heterocycles. The Hall–Kier alpha value is -1.11. The molecule has 0 saturated carbocycles. The molecule has 0 amide bonds. The molecule has 0 fully saturated rings. The highest BCUT2D eigenvalue weighted by Crippen LogP contribution is 2.32. The highest BCUT2D eigenvalue weighted by Gasteiger charge is 2.21. The number of methoxy groups -OCH3 is 1. The molecule has 5 nitrogen and oxygen atoms in total. The number of fused-ring (bicyclic) bond motifs is 1. The highest BCUT2D eigenvalue weighted by atomic mass is 32.2. The Labute approximate surface area is 127 Å². The van der Waals surface area contributed by atoms with Gasteiger partial charge in [-0.2, -0.15) is 0 Å². The third-order valence-corrected chi connectivity index (χ3v) is 5.26. The summed E-state index contributed by atoms with van der Waals surface area (Å²) in [5, 5.41) is 3.37. The number of benzene rings is 1. The molecular formula is C15H24N2O3S. The van der Waals surface area contributed by atoms with Gasteiger partial charge in [0.2, 0.25) is 10.0 Å². The van der Waals surface area contributed by atoms with E-state index in [2.05, 4.69) is 22.2 Å². The maximum absolute atomic E-state index is 11.6. The average molecular weight is 312 g/mol. The summed E-state index contributed by atoms with van der Waals surface area (Å²) in [7, 11) is -1.50. The van der Waals surface area contributed by atoms with Crippen LogP contribution in [0.5, 0.6) is 5.75 Å². The molecule has 0 heterocycles. The van der Waals surface area contributed by atoms with Gasteiger partial charge in [-0.1, -0.05) is 13.0 Å². The van der Waals surface area contributed by atoms with Crippen LogP contribution in [0.1, 0.15) is 36.9 Å². The van der Waals surface area contributed by atoms with E-state index in [0.29, 0.717) is 13.1 Å². The van der Waals surface area contributed by atoms with Crippen LogP contribution < -0.4 is 14.8 Å². The van der Waals surface area contributed by atoms with E-state index < -0.39 is 10.0 Å². The Kier molecular flexibility index (Phi) is 5.61. The van der Waals surface area contributed by atoms with Crippen LogP contribution in [0, 0.1) is 0 Å². The van der Waals surface area contributed by atoms with Crippen molar-refractivity contribution in [2.45, 2.75) is 32.2 Å².